The van der Waals surface area contributed by atoms with Gasteiger partial charge in [-0.1, -0.05) is 24.3 Å². The summed E-state index contributed by atoms with van der Waals surface area (Å²) in [7, 11) is -2.30. The molecule has 0 aliphatic heterocycles. The van der Waals surface area contributed by atoms with Gasteiger partial charge in [-0.2, -0.15) is 0 Å². The molecule has 0 saturated heterocycles. The van der Waals surface area contributed by atoms with Gasteiger partial charge < -0.3 is 0 Å². The van der Waals surface area contributed by atoms with Crippen LogP contribution in [-0.4, -0.2) is 20.4 Å². The van der Waals surface area contributed by atoms with E-state index in [-0.39, 0.29) is 0 Å². The Hall–Kier alpha value is -1.26. The molecule has 5 rings (SSSR count). The van der Waals surface area contributed by atoms with E-state index in [0.29, 0.717) is 0 Å². The predicted molar refractivity (Wildman–Crippen MR) is 143 cm³/mol. The Morgan fingerprint density at radius 1 is 0.483 bits per heavy atom. The van der Waals surface area contributed by atoms with Crippen molar-refractivity contribution in [3.8, 4) is 0 Å². The Kier molecular flexibility index (Phi) is 7.02. The van der Waals surface area contributed by atoms with Crippen molar-refractivity contribution in [1.29, 1.82) is 0 Å². The van der Waals surface area contributed by atoms with Crippen molar-refractivity contribution in [3.63, 3.8) is 0 Å². The molecule has 0 fully saturated rings. The quantitative estimate of drug-likeness (QED) is 0.130. The Morgan fingerprint density at radius 2 is 0.897 bits per heavy atom. The Morgan fingerprint density at radius 3 is 1.31 bits per heavy atom. The van der Waals surface area contributed by atoms with E-state index in [0.717, 1.165) is 21.8 Å². The van der Waals surface area contributed by atoms with Gasteiger partial charge in [0.2, 0.25) is 0 Å². The standard InChI is InChI=1S/C12H8N2.2C6H5.2HI.Sn/c1-3-9-5-6-10-4-2-8-14-12(10)11(9)13-7-1;2*1-2-4-6-5-3-1;;;/h1-8H;2*1-5H;2*1H;/q;;;;;+2/p-2. The molecule has 2 heterocycles. The molecule has 0 unspecified atom stereocenters. The summed E-state index contributed by atoms with van der Waals surface area (Å²) >= 11 is 5.41. The van der Waals surface area contributed by atoms with Crippen LogP contribution in [0.3, 0.4) is 0 Å². The van der Waals surface area contributed by atoms with E-state index < -0.39 is 10.4 Å². The molecule has 142 valence electrons. The minimum absolute atomic E-state index is 0.977. The normalized spacial score (nSPS) is 11.1. The van der Waals surface area contributed by atoms with Crippen molar-refractivity contribution in [2.45, 2.75) is 0 Å². The summed E-state index contributed by atoms with van der Waals surface area (Å²) in [5, 5.41) is 2.28. The molecule has 2 aromatic heterocycles. The van der Waals surface area contributed by atoms with Crippen molar-refractivity contribution in [2.75, 3.05) is 0 Å². The van der Waals surface area contributed by atoms with Crippen LogP contribution in [0, 0.1) is 0 Å². The maximum absolute atomic E-state index is 4.35. The van der Waals surface area contributed by atoms with Gasteiger partial charge in [0.15, 0.2) is 0 Å². The zero-order valence-corrected chi connectivity index (χ0v) is 22.7. The third kappa shape index (κ3) is 4.91. The molecule has 0 bridgehead atoms. The second kappa shape index (κ2) is 9.70. The number of fused-ring (bicyclic) bond motifs is 3. The zero-order valence-electron chi connectivity index (χ0n) is 15.5. The van der Waals surface area contributed by atoms with Gasteiger partial charge in [-0.05, 0) is 12.1 Å². The molecule has 29 heavy (non-hydrogen) atoms. The molecule has 0 radical (unpaired) electrons. The number of benzene rings is 3. The molecule has 0 spiro atoms. The molecule has 0 aliphatic rings. The van der Waals surface area contributed by atoms with E-state index in [1.165, 1.54) is 0 Å². The second-order valence-electron chi connectivity index (χ2n) is 6.52. The largest absolute Gasteiger partial charge is 0.254 e. The first kappa shape index (κ1) is 21.0. The van der Waals surface area contributed by atoms with Gasteiger partial charge in [-0.15, -0.1) is 0 Å². The van der Waals surface area contributed by atoms with E-state index >= 15 is 0 Å². The summed E-state index contributed by atoms with van der Waals surface area (Å²) in [5.74, 6) is 0. The van der Waals surface area contributed by atoms with Crippen molar-refractivity contribution < 1.29 is 0 Å². The number of rotatable bonds is 2. The van der Waals surface area contributed by atoms with Gasteiger partial charge in [0.25, 0.3) is 0 Å². The van der Waals surface area contributed by atoms with Gasteiger partial charge >= 0.3 is 116 Å². The number of aromatic nitrogens is 2. The summed E-state index contributed by atoms with van der Waals surface area (Å²) in [6.07, 6.45) is 3.60. The molecule has 0 amide bonds. The first-order chi connectivity index (χ1) is 14.2. The van der Waals surface area contributed by atoms with Gasteiger partial charge in [0.05, 0.1) is 11.0 Å². The van der Waals surface area contributed by atoms with E-state index in [1.54, 1.807) is 19.6 Å². The fourth-order valence-electron chi connectivity index (χ4n) is 3.14. The van der Waals surface area contributed by atoms with Crippen molar-refractivity contribution in [2.24, 2.45) is 0 Å². The van der Waals surface area contributed by atoms with Gasteiger partial charge in [-0.25, -0.2) is 0 Å². The molecule has 5 heteroatoms. The fraction of sp³-hybridized carbons (Fsp3) is 0. The molecule has 0 atom stereocenters. The zero-order chi connectivity index (χ0) is 20.1. The molecule has 0 saturated carbocycles. The number of hydrogen-bond donors (Lipinski definition) is 0. The van der Waals surface area contributed by atoms with Crippen LogP contribution < -0.4 is 7.16 Å². The molecule has 0 N–H and O–H groups in total. The van der Waals surface area contributed by atoms with Crippen LogP contribution in [0.15, 0.2) is 109 Å². The van der Waals surface area contributed by atoms with Crippen LogP contribution in [0.25, 0.3) is 21.8 Å². The van der Waals surface area contributed by atoms with Gasteiger partial charge in [0, 0.05) is 23.2 Å². The van der Waals surface area contributed by atoms with Crippen LogP contribution in [0.4, 0.5) is 0 Å². The summed E-state index contributed by atoms with van der Waals surface area (Å²) < 4.78 is 3.08. The van der Waals surface area contributed by atoms with Crippen molar-refractivity contribution >= 4 is 76.7 Å². The predicted octanol–water partition coefficient (Wildman–Crippen LogP) is 5.90. The van der Waals surface area contributed by atoms with Crippen LogP contribution in [0.5, 0.6) is 0 Å². The topological polar surface area (TPSA) is 25.8 Å². The molecule has 3 aromatic carbocycles. The number of pyridine rings is 2. The van der Waals surface area contributed by atoms with Crippen LogP contribution in [0.1, 0.15) is 0 Å². The second-order valence-corrected chi connectivity index (χ2v) is 48.7. The van der Waals surface area contributed by atoms with Crippen LogP contribution in [0.2, 0.25) is 0 Å². The molecular formula is C24H18I2N2Sn. The van der Waals surface area contributed by atoms with E-state index in [9.17, 15) is 0 Å². The SMILES string of the molecule is [I][Sn]([I])([c]1ccccc1)[c]1ccccc1.c1cnc2c(c1)ccc1cccnc12. The van der Waals surface area contributed by atoms with Crippen molar-refractivity contribution in [3.05, 3.63) is 109 Å². The van der Waals surface area contributed by atoms with Gasteiger partial charge in [-0.3, -0.25) is 9.97 Å². The Bertz CT molecular complexity index is 1130. The first-order valence-electron chi connectivity index (χ1n) is 9.23. The fourth-order valence-corrected chi connectivity index (χ4v) is 17.2. The summed E-state index contributed by atoms with van der Waals surface area (Å²) in [6, 6.07) is 33.9. The molecular weight excluding hydrogens is 689 g/mol. The van der Waals surface area contributed by atoms with Crippen LogP contribution in [-0.2, 0) is 0 Å². The summed E-state index contributed by atoms with van der Waals surface area (Å²) in [4.78, 5) is 8.69. The minimum Gasteiger partial charge on any atom is -0.254 e. The van der Waals surface area contributed by atoms with Crippen molar-refractivity contribution in [1.82, 2.24) is 9.97 Å². The maximum atomic E-state index is 4.35. The average Bonchev–Trinajstić information content (AvgIpc) is 2.80. The number of halogens is 2. The van der Waals surface area contributed by atoms with E-state index in [1.807, 2.05) is 12.1 Å². The third-order valence-corrected chi connectivity index (χ3v) is 27.4. The molecule has 0 aliphatic carbocycles. The van der Waals surface area contributed by atoms with Crippen LogP contribution >= 0.6 is 37.3 Å². The molecule has 5 aromatic rings. The van der Waals surface area contributed by atoms with Gasteiger partial charge in [0.1, 0.15) is 0 Å². The Labute approximate surface area is 194 Å². The smallest absolute Gasteiger partial charge is 0.0964 e. The number of nitrogens with zero attached hydrogens (tertiary/aromatic N) is 2. The first-order valence-corrected chi connectivity index (χ1v) is 28.7. The summed E-state index contributed by atoms with van der Waals surface area (Å²) in [6.45, 7) is 0. The third-order valence-electron chi connectivity index (χ3n) is 4.62. The minimum atomic E-state index is -2.30. The van der Waals surface area contributed by atoms with E-state index in [2.05, 4.69) is 132 Å². The maximum Gasteiger partial charge on any atom is 0.0964 e. The number of hydrogen-bond acceptors (Lipinski definition) is 2. The molecule has 2 nitrogen and oxygen atoms in total. The average molecular weight is 707 g/mol. The Balaban J connectivity index is 0.000000141. The van der Waals surface area contributed by atoms with E-state index in [4.69, 9.17) is 0 Å². The monoisotopic (exact) mass is 708 g/mol. The summed E-state index contributed by atoms with van der Waals surface area (Å²) in [5.41, 5.74) is 1.95.